The topological polar surface area (TPSA) is 36.3 Å². The Kier molecular flexibility index (Phi) is 2.61. The maximum absolute atomic E-state index is 6.08. The van der Waals surface area contributed by atoms with E-state index in [0.717, 1.165) is 18.6 Å². The minimum absolute atomic E-state index is 0.289. The second kappa shape index (κ2) is 3.84. The van der Waals surface area contributed by atoms with E-state index in [-0.39, 0.29) is 18.3 Å². The SMILES string of the molecule is CC1(C)OB(c2ncn3c2CCCC3)OC1(C)C. The minimum Gasteiger partial charge on any atom is -0.398 e. The zero-order valence-corrected chi connectivity index (χ0v) is 11.7. The molecule has 0 unspecified atom stereocenters. The first-order valence-corrected chi connectivity index (χ1v) is 6.80. The molecule has 98 valence electrons. The Balaban J connectivity index is 1.91. The number of nitrogens with zero attached hydrogens (tertiary/aromatic N) is 2. The Morgan fingerprint density at radius 3 is 2.50 bits per heavy atom. The van der Waals surface area contributed by atoms with Crippen molar-refractivity contribution in [2.75, 3.05) is 0 Å². The highest BCUT2D eigenvalue weighted by Gasteiger charge is 2.53. The summed E-state index contributed by atoms with van der Waals surface area (Å²) in [6, 6.07) is 0. The molecule has 0 bridgehead atoms. The molecule has 2 aliphatic heterocycles. The van der Waals surface area contributed by atoms with Gasteiger partial charge in [-0.1, -0.05) is 0 Å². The molecule has 0 atom stereocenters. The molecule has 3 rings (SSSR count). The van der Waals surface area contributed by atoms with Crippen molar-refractivity contribution in [2.45, 2.75) is 64.7 Å². The van der Waals surface area contributed by atoms with Gasteiger partial charge in [-0.25, -0.2) is 4.98 Å². The number of hydrogen-bond donors (Lipinski definition) is 0. The standard InChI is InChI=1S/C13H21BN2O2/c1-12(2)13(3,4)18-14(17-12)11-10-7-5-6-8-16(10)9-15-11/h9H,5-8H2,1-4H3. The van der Waals surface area contributed by atoms with Gasteiger partial charge in [0.1, 0.15) is 0 Å². The number of fused-ring (bicyclic) bond motifs is 1. The lowest BCUT2D eigenvalue weighted by Crippen LogP contribution is -2.41. The molecule has 2 aliphatic rings. The lowest BCUT2D eigenvalue weighted by atomic mass is 9.81. The molecule has 0 N–H and O–H groups in total. The summed E-state index contributed by atoms with van der Waals surface area (Å²) in [5.74, 6) is 0. The van der Waals surface area contributed by atoms with Crippen molar-refractivity contribution < 1.29 is 9.31 Å². The summed E-state index contributed by atoms with van der Waals surface area (Å²) >= 11 is 0. The molecule has 0 spiro atoms. The first kappa shape index (κ1) is 12.2. The van der Waals surface area contributed by atoms with Crippen LogP contribution >= 0.6 is 0 Å². The highest BCUT2D eigenvalue weighted by Crippen LogP contribution is 2.36. The number of imidazole rings is 1. The molecule has 18 heavy (non-hydrogen) atoms. The molecule has 0 saturated carbocycles. The van der Waals surface area contributed by atoms with Crippen LogP contribution in [-0.4, -0.2) is 27.9 Å². The van der Waals surface area contributed by atoms with Crippen molar-refractivity contribution in [3.05, 3.63) is 12.0 Å². The van der Waals surface area contributed by atoms with E-state index in [0.29, 0.717) is 0 Å². The first-order chi connectivity index (χ1) is 8.41. The molecule has 0 aromatic carbocycles. The van der Waals surface area contributed by atoms with E-state index in [2.05, 4.69) is 37.2 Å². The van der Waals surface area contributed by atoms with Gasteiger partial charge >= 0.3 is 7.12 Å². The second-order valence-electron chi connectivity index (χ2n) is 6.32. The Labute approximate surface area is 109 Å². The Morgan fingerprint density at radius 1 is 1.17 bits per heavy atom. The predicted octanol–water partition coefficient (Wildman–Crippen LogP) is 1.52. The fourth-order valence-corrected chi connectivity index (χ4v) is 2.61. The molecular formula is C13H21BN2O2. The van der Waals surface area contributed by atoms with Crippen molar-refractivity contribution in [1.82, 2.24) is 9.55 Å². The van der Waals surface area contributed by atoms with Crippen LogP contribution in [0.1, 0.15) is 46.2 Å². The van der Waals surface area contributed by atoms with Gasteiger partial charge in [0.15, 0.2) is 0 Å². The van der Waals surface area contributed by atoms with E-state index in [1.54, 1.807) is 0 Å². The van der Waals surface area contributed by atoms with Gasteiger partial charge in [-0.2, -0.15) is 0 Å². The maximum atomic E-state index is 6.08. The molecule has 3 heterocycles. The maximum Gasteiger partial charge on any atom is 0.516 e. The van der Waals surface area contributed by atoms with Gasteiger partial charge < -0.3 is 13.9 Å². The number of aromatic nitrogens is 2. The Hall–Kier alpha value is -0.805. The van der Waals surface area contributed by atoms with E-state index in [4.69, 9.17) is 9.31 Å². The third kappa shape index (κ3) is 1.72. The van der Waals surface area contributed by atoms with E-state index in [1.807, 2.05) is 6.33 Å². The van der Waals surface area contributed by atoms with Gasteiger partial charge in [0.05, 0.1) is 23.1 Å². The van der Waals surface area contributed by atoms with Crippen LogP contribution in [0, 0.1) is 0 Å². The van der Waals surface area contributed by atoms with Crippen molar-refractivity contribution in [2.24, 2.45) is 0 Å². The van der Waals surface area contributed by atoms with Crippen LogP contribution in [0.5, 0.6) is 0 Å². The van der Waals surface area contributed by atoms with E-state index >= 15 is 0 Å². The minimum atomic E-state index is -0.315. The fourth-order valence-electron chi connectivity index (χ4n) is 2.61. The number of aryl methyl sites for hydroxylation is 1. The summed E-state index contributed by atoms with van der Waals surface area (Å²) < 4.78 is 14.4. The van der Waals surface area contributed by atoms with Gasteiger partial charge in [0.25, 0.3) is 0 Å². The Morgan fingerprint density at radius 2 is 1.83 bits per heavy atom. The van der Waals surface area contributed by atoms with Crippen LogP contribution in [0.25, 0.3) is 0 Å². The molecule has 0 amide bonds. The lowest BCUT2D eigenvalue weighted by Gasteiger charge is -2.32. The monoisotopic (exact) mass is 248 g/mol. The van der Waals surface area contributed by atoms with Gasteiger partial charge in [0, 0.05) is 12.2 Å². The Bertz CT molecular complexity index is 452. The summed E-state index contributed by atoms with van der Waals surface area (Å²) in [7, 11) is -0.315. The first-order valence-electron chi connectivity index (χ1n) is 6.80. The van der Waals surface area contributed by atoms with Crippen molar-refractivity contribution in [3.63, 3.8) is 0 Å². The van der Waals surface area contributed by atoms with Crippen molar-refractivity contribution in [3.8, 4) is 0 Å². The molecule has 4 nitrogen and oxygen atoms in total. The van der Waals surface area contributed by atoms with E-state index in [9.17, 15) is 0 Å². The molecular weight excluding hydrogens is 227 g/mol. The van der Waals surface area contributed by atoms with E-state index in [1.165, 1.54) is 18.5 Å². The van der Waals surface area contributed by atoms with Crippen LogP contribution in [0.15, 0.2) is 6.33 Å². The summed E-state index contributed by atoms with van der Waals surface area (Å²) in [4.78, 5) is 4.52. The van der Waals surface area contributed by atoms with Gasteiger partial charge in [-0.15, -0.1) is 0 Å². The lowest BCUT2D eigenvalue weighted by molar-refractivity contribution is 0.00578. The van der Waals surface area contributed by atoms with Gasteiger partial charge in [0.2, 0.25) is 0 Å². The van der Waals surface area contributed by atoms with Crippen LogP contribution in [0.3, 0.4) is 0 Å². The molecule has 0 aliphatic carbocycles. The average Bonchev–Trinajstić information content (AvgIpc) is 2.78. The summed E-state index contributed by atoms with van der Waals surface area (Å²) in [5.41, 5.74) is 1.69. The second-order valence-corrected chi connectivity index (χ2v) is 6.32. The quantitative estimate of drug-likeness (QED) is 0.707. The van der Waals surface area contributed by atoms with Crippen LogP contribution in [0.2, 0.25) is 0 Å². The molecule has 1 saturated heterocycles. The zero-order chi connectivity index (χ0) is 13.0. The van der Waals surface area contributed by atoms with Crippen molar-refractivity contribution >= 4 is 12.7 Å². The average molecular weight is 248 g/mol. The zero-order valence-electron chi connectivity index (χ0n) is 11.7. The molecule has 5 heteroatoms. The summed E-state index contributed by atoms with van der Waals surface area (Å²) in [5, 5.41) is 0. The van der Waals surface area contributed by atoms with Crippen LogP contribution in [0.4, 0.5) is 0 Å². The summed E-state index contributed by atoms with van der Waals surface area (Å²) in [6.45, 7) is 9.39. The number of rotatable bonds is 1. The van der Waals surface area contributed by atoms with E-state index < -0.39 is 0 Å². The van der Waals surface area contributed by atoms with Gasteiger partial charge in [-0.05, 0) is 47.0 Å². The third-order valence-electron chi connectivity index (χ3n) is 4.52. The molecule has 1 aromatic rings. The molecule has 0 radical (unpaired) electrons. The molecule has 1 aromatic heterocycles. The normalized spacial score (nSPS) is 25.2. The predicted molar refractivity (Wildman–Crippen MR) is 70.9 cm³/mol. The van der Waals surface area contributed by atoms with Crippen LogP contribution < -0.4 is 5.59 Å². The highest BCUT2D eigenvalue weighted by molar-refractivity contribution is 6.61. The van der Waals surface area contributed by atoms with Crippen LogP contribution in [-0.2, 0) is 22.3 Å². The van der Waals surface area contributed by atoms with Gasteiger partial charge in [-0.3, -0.25) is 0 Å². The summed E-state index contributed by atoms with van der Waals surface area (Å²) in [6.07, 6.45) is 5.48. The fraction of sp³-hybridized carbons (Fsp3) is 0.769. The van der Waals surface area contributed by atoms with Crippen molar-refractivity contribution in [1.29, 1.82) is 0 Å². The smallest absolute Gasteiger partial charge is 0.398 e. The number of hydrogen-bond acceptors (Lipinski definition) is 3. The third-order valence-corrected chi connectivity index (χ3v) is 4.52. The largest absolute Gasteiger partial charge is 0.516 e. The highest BCUT2D eigenvalue weighted by atomic mass is 16.7. The molecule has 1 fully saturated rings.